The van der Waals surface area contributed by atoms with Gasteiger partial charge in [-0.1, -0.05) is 45.7 Å². The highest BCUT2D eigenvalue weighted by Crippen LogP contribution is 2.42. The Kier molecular flexibility index (Phi) is 3.56. The van der Waals surface area contributed by atoms with Gasteiger partial charge >= 0.3 is 0 Å². The lowest BCUT2D eigenvalue weighted by Crippen LogP contribution is -2.31. The topological polar surface area (TPSA) is 0 Å². The lowest BCUT2D eigenvalue weighted by Gasteiger charge is -2.39. The molecule has 94 valence electrons. The van der Waals surface area contributed by atoms with Gasteiger partial charge in [0.05, 0.1) is 0 Å². The summed E-state index contributed by atoms with van der Waals surface area (Å²) in [5.41, 5.74) is 1.25. The van der Waals surface area contributed by atoms with Crippen molar-refractivity contribution < 1.29 is 4.39 Å². The molecular formula is C16H23F. The maximum absolute atomic E-state index is 13.3. The fraction of sp³-hybridized carbons (Fsp3) is 0.625. The van der Waals surface area contributed by atoms with Crippen LogP contribution in [0.5, 0.6) is 0 Å². The van der Waals surface area contributed by atoms with E-state index in [-0.39, 0.29) is 11.2 Å². The Hall–Kier alpha value is -0.850. The van der Waals surface area contributed by atoms with Crippen molar-refractivity contribution in [1.29, 1.82) is 0 Å². The van der Waals surface area contributed by atoms with Crippen LogP contribution in [0, 0.1) is 17.7 Å². The zero-order valence-electron chi connectivity index (χ0n) is 11.2. The summed E-state index contributed by atoms with van der Waals surface area (Å²) in [5.74, 6) is 1.45. The molecule has 0 amide bonds. The van der Waals surface area contributed by atoms with E-state index < -0.39 is 0 Å². The van der Waals surface area contributed by atoms with Crippen LogP contribution in [0.3, 0.4) is 0 Å². The van der Waals surface area contributed by atoms with Crippen molar-refractivity contribution in [3.05, 3.63) is 35.6 Å². The summed E-state index contributed by atoms with van der Waals surface area (Å²) >= 11 is 0. The molecule has 1 fully saturated rings. The van der Waals surface area contributed by atoms with Gasteiger partial charge in [-0.3, -0.25) is 0 Å². The van der Waals surface area contributed by atoms with Gasteiger partial charge in [0.25, 0.3) is 0 Å². The summed E-state index contributed by atoms with van der Waals surface area (Å²) < 4.78 is 13.3. The maximum atomic E-state index is 13.3. The highest BCUT2D eigenvalue weighted by Gasteiger charge is 2.33. The Bertz CT molecular complexity index is 373. The van der Waals surface area contributed by atoms with Crippen LogP contribution in [-0.2, 0) is 5.41 Å². The quantitative estimate of drug-likeness (QED) is 0.680. The minimum atomic E-state index is -0.111. The van der Waals surface area contributed by atoms with Crippen LogP contribution < -0.4 is 0 Å². The second-order valence-electron chi connectivity index (χ2n) is 6.19. The van der Waals surface area contributed by atoms with Crippen molar-refractivity contribution in [2.45, 2.75) is 51.9 Å². The van der Waals surface area contributed by atoms with E-state index in [2.05, 4.69) is 26.8 Å². The standard InChI is InChI=1S/C16H23F/c1-12-7-9-13(10-8-12)16(2,3)14-5-4-6-15(17)11-14/h4-6,11-13H,7-10H2,1-3H3. The summed E-state index contributed by atoms with van der Waals surface area (Å²) in [6, 6.07) is 7.14. The lowest BCUT2D eigenvalue weighted by atomic mass is 9.66. The Morgan fingerprint density at radius 3 is 2.35 bits per heavy atom. The Morgan fingerprint density at radius 2 is 1.76 bits per heavy atom. The fourth-order valence-corrected chi connectivity index (χ4v) is 3.11. The number of benzene rings is 1. The monoisotopic (exact) mass is 234 g/mol. The van der Waals surface area contributed by atoms with Crippen LogP contribution in [0.1, 0.15) is 52.0 Å². The van der Waals surface area contributed by atoms with Crippen molar-refractivity contribution in [2.75, 3.05) is 0 Å². The maximum Gasteiger partial charge on any atom is 0.123 e. The number of rotatable bonds is 2. The van der Waals surface area contributed by atoms with E-state index in [1.165, 1.54) is 31.7 Å². The third-order valence-corrected chi connectivity index (χ3v) is 4.61. The normalized spacial score (nSPS) is 25.9. The second kappa shape index (κ2) is 4.80. The molecule has 1 aromatic rings. The van der Waals surface area contributed by atoms with Crippen LogP contribution >= 0.6 is 0 Å². The molecule has 0 aliphatic heterocycles. The van der Waals surface area contributed by atoms with Crippen molar-refractivity contribution in [3.63, 3.8) is 0 Å². The van der Waals surface area contributed by atoms with Gasteiger partial charge < -0.3 is 0 Å². The molecule has 1 saturated carbocycles. The molecule has 1 aromatic carbocycles. The van der Waals surface area contributed by atoms with Gasteiger partial charge in [-0.2, -0.15) is 0 Å². The second-order valence-corrected chi connectivity index (χ2v) is 6.19. The smallest absolute Gasteiger partial charge is 0.123 e. The third kappa shape index (κ3) is 2.70. The summed E-state index contributed by atoms with van der Waals surface area (Å²) in [6.45, 7) is 6.87. The molecule has 0 saturated heterocycles. The molecule has 1 aliphatic carbocycles. The van der Waals surface area contributed by atoms with E-state index in [0.717, 1.165) is 11.5 Å². The van der Waals surface area contributed by atoms with E-state index in [9.17, 15) is 4.39 Å². The highest BCUT2D eigenvalue weighted by atomic mass is 19.1. The van der Waals surface area contributed by atoms with Crippen molar-refractivity contribution in [2.24, 2.45) is 11.8 Å². The first-order valence-electron chi connectivity index (χ1n) is 6.76. The number of hydrogen-bond donors (Lipinski definition) is 0. The molecule has 0 N–H and O–H groups in total. The summed E-state index contributed by atoms with van der Waals surface area (Å²) in [7, 11) is 0. The van der Waals surface area contributed by atoms with E-state index >= 15 is 0 Å². The van der Waals surface area contributed by atoms with Gasteiger partial charge in [0, 0.05) is 0 Å². The molecule has 1 heteroatoms. The van der Waals surface area contributed by atoms with Crippen LogP contribution in [0.25, 0.3) is 0 Å². The van der Waals surface area contributed by atoms with E-state index in [4.69, 9.17) is 0 Å². The number of halogens is 1. The Balaban J connectivity index is 2.18. The molecule has 0 unspecified atom stereocenters. The largest absolute Gasteiger partial charge is 0.207 e. The summed E-state index contributed by atoms with van der Waals surface area (Å²) in [6.07, 6.45) is 5.21. The average molecular weight is 234 g/mol. The van der Waals surface area contributed by atoms with Gasteiger partial charge in [-0.15, -0.1) is 0 Å². The van der Waals surface area contributed by atoms with Crippen LogP contribution in [-0.4, -0.2) is 0 Å². The van der Waals surface area contributed by atoms with Crippen LogP contribution in [0.15, 0.2) is 24.3 Å². The minimum absolute atomic E-state index is 0.0994. The minimum Gasteiger partial charge on any atom is -0.207 e. The molecule has 0 aromatic heterocycles. The van der Waals surface area contributed by atoms with Gasteiger partial charge in [0.15, 0.2) is 0 Å². The van der Waals surface area contributed by atoms with Gasteiger partial charge in [0.2, 0.25) is 0 Å². The first kappa shape index (κ1) is 12.6. The number of hydrogen-bond acceptors (Lipinski definition) is 0. The molecule has 0 spiro atoms. The van der Waals surface area contributed by atoms with Gasteiger partial charge in [0.1, 0.15) is 5.82 Å². The summed E-state index contributed by atoms with van der Waals surface area (Å²) in [5, 5.41) is 0. The molecule has 2 rings (SSSR count). The van der Waals surface area contributed by atoms with E-state index in [1.54, 1.807) is 6.07 Å². The molecule has 0 heterocycles. The molecule has 0 nitrogen and oxygen atoms in total. The molecule has 17 heavy (non-hydrogen) atoms. The molecule has 1 aliphatic rings. The van der Waals surface area contributed by atoms with Crippen LogP contribution in [0.4, 0.5) is 4.39 Å². The van der Waals surface area contributed by atoms with Crippen molar-refractivity contribution >= 4 is 0 Å². The SMILES string of the molecule is CC1CCC(C(C)(C)c2cccc(F)c2)CC1. The van der Waals surface area contributed by atoms with Crippen molar-refractivity contribution in [1.82, 2.24) is 0 Å². The molecule has 0 bridgehead atoms. The lowest BCUT2D eigenvalue weighted by molar-refractivity contribution is 0.201. The first-order chi connectivity index (χ1) is 8.00. The first-order valence-corrected chi connectivity index (χ1v) is 6.76. The molecular weight excluding hydrogens is 211 g/mol. The Labute approximate surface area is 104 Å². The van der Waals surface area contributed by atoms with Crippen molar-refractivity contribution in [3.8, 4) is 0 Å². The summed E-state index contributed by atoms with van der Waals surface area (Å²) in [4.78, 5) is 0. The predicted octanol–water partition coefficient (Wildman–Crippen LogP) is 4.93. The predicted molar refractivity (Wildman–Crippen MR) is 70.5 cm³/mol. The van der Waals surface area contributed by atoms with Crippen LogP contribution in [0.2, 0.25) is 0 Å². The van der Waals surface area contributed by atoms with Gasteiger partial charge in [-0.05, 0) is 47.8 Å². The third-order valence-electron chi connectivity index (χ3n) is 4.61. The fourth-order valence-electron chi connectivity index (χ4n) is 3.11. The van der Waals surface area contributed by atoms with Gasteiger partial charge in [-0.25, -0.2) is 4.39 Å². The average Bonchev–Trinajstić information content (AvgIpc) is 2.29. The zero-order valence-corrected chi connectivity index (χ0v) is 11.2. The molecule has 0 radical (unpaired) electrons. The highest BCUT2D eigenvalue weighted by molar-refractivity contribution is 5.25. The van der Waals surface area contributed by atoms with E-state index in [0.29, 0.717) is 5.92 Å². The Morgan fingerprint density at radius 1 is 1.12 bits per heavy atom. The molecule has 0 atom stereocenters. The van der Waals surface area contributed by atoms with E-state index in [1.807, 2.05) is 6.07 Å². The zero-order chi connectivity index (χ0) is 12.5.